The van der Waals surface area contributed by atoms with Crippen molar-refractivity contribution < 1.29 is 18.3 Å². The van der Waals surface area contributed by atoms with Gasteiger partial charge in [-0.15, -0.1) is 0 Å². The first-order chi connectivity index (χ1) is 9.43. The van der Waals surface area contributed by atoms with Crippen LogP contribution in [0.5, 0.6) is 5.75 Å². The van der Waals surface area contributed by atoms with Crippen LogP contribution < -0.4 is 4.74 Å². The Hall–Kier alpha value is -1.94. The predicted octanol–water partition coefficient (Wildman–Crippen LogP) is 4.17. The van der Waals surface area contributed by atoms with Crippen LogP contribution in [0, 0.1) is 18.6 Å². The van der Waals surface area contributed by atoms with Crippen molar-refractivity contribution in [3.63, 3.8) is 0 Å². The number of carbonyl (C=O) groups excluding carboxylic acids is 1. The molecule has 0 fully saturated rings. The summed E-state index contributed by atoms with van der Waals surface area (Å²) in [5.41, 5.74) is 0.696. The second kappa shape index (κ2) is 5.59. The Bertz CT molecular complexity index is 684. The summed E-state index contributed by atoms with van der Waals surface area (Å²) in [7, 11) is 1.31. The molecule has 104 valence electrons. The van der Waals surface area contributed by atoms with Crippen LogP contribution in [0.25, 0.3) is 0 Å². The van der Waals surface area contributed by atoms with Crippen LogP contribution in [0.3, 0.4) is 0 Å². The number of carbonyl (C=O) groups is 1. The van der Waals surface area contributed by atoms with Crippen molar-refractivity contribution in [2.75, 3.05) is 7.11 Å². The van der Waals surface area contributed by atoms with Gasteiger partial charge in [0.05, 0.1) is 12.1 Å². The molecule has 0 aliphatic heterocycles. The Morgan fingerprint density at radius 3 is 2.50 bits per heavy atom. The molecule has 0 amide bonds. The van der Waals surface area contributed by atoms with Gasteiger partial charge in [0.1, 0.15) is 5.82 Å². The summed E-state index contributed by atoms with van der Waals surface area (Å²) in [6.45, 7) is 1.54. The van der Waals surface area contributed by atoms with Crippen molar-refractivity contribution in [1.29, 1.82) is 0 Å². The summed E-state index contributed by atoms with van der Waals surface area (Å²) in [5, 5.41) is 0.0152. The Morgan fingerprint density at radius 2 is 1.85 bits per heavy atom. The van der Waals surface area contributed by atoms with E-state index in [-0.39, 0.29) is 21.9 Å². The minimum atomic E-state index is -0.564. The van der Waals surface area contributed by atoms with Crippen LogP contribution in [0.4, 0.5) is 8.78 Å². The molecule has 0 radical (unpaired) electrons. The zero-order valence-corrected chi connectivity index (χ0v) is 11.6. The third kappa shape index (κ3) is 2.65. The number of methoxy groups -OCH3 is 1. The highest BCUT2D eigenvalue weighted by Crippen LogP contribution is 2.25. The molecule has 2 nitrogen and oxygen atoms in total. The molecule has 0 saturated heterocycles. The van der Waals surface area contributed by atoms with Crippen LogP contribution in [-0.4, -0.2) is 12.9 Å². The van der Waals surface area contributed by atoms with Gasteiger partial charge in [-0.05, 0) is 42.8 Å². The summed E-state index contributed by atoms with van der Waals surface area (Å²) in [6, 6.07) is 6.21. The zero-order valence-electron chi connectivity index (χ0n) is 10.8. The van der Waals surface area contributed by atoms with Crippen molar-refractivity contribution >= 4 is 17.4 Å². The van der Waals surface area contributed by atoms with Gasteiger partial charge in [-0.3, -0.25) is 4.79 Å². The third-order valence-electron chi connectivity index (χ3n) is 2.91. The Balaban J connectivity index is 2.49. The zero-order chi connectivity index (χ0) is 14.9. The van der Waals surface area contributed by atoms with Gasteiger partial charge in [0.2, 0.25) is 0 Å². The fourth-order valence-corrected chi connectivity index (χ4v) is 2.02. The number of rotatable bonds is 3. The maximum Gasteiger partial charge on any atom is 0.194 e. The molecule has 2 aromatic carbocycles. The number of ketones is 1. The van der Waals surface area contributed by atoms with Crippen molar-refractivity contribution in [2.24, 2.45) is 0 Å². The van der Waals surface area contributed by atoms with Gasteiger partial charge in [0.15, 0.2) is 17.3 Å². The topological polar surface area (TPSA) is 26.3 Å². The number of benzene rings is 2. The van der Waals surface area contributed by atoms with Gasteiger partial charge in [-0.2, -0.15) is 0 Å². The number of aryl methyl sites for hydroxylation is 1. The van der Waals surface area contributed by atoms with E-state index in [0.717, 1.165) is 12.1 Å². The Morgan fingerprint density at radius 1 is 1.15 bits per heavy atom. The third-order valence-corrected chi connectivity index (χ3v) is 3.22. The van der Waals surface area contributed by atoms with E-state index in [0.29, 0.717) is 5.56 Å². The van der Waals surface area contributed by atoms with Gasteiger partial charge < -0.3 is 4.74 Å². The minimum Gasteiger partial charge on any atom is -0.494 e. The monoisotopic (exact) mass is 296 g/mol. The van der Waals surface area contributed by atoms with Crippen LogP contribution in [0.15, 0.2) is 30.3 Å². The van der Waals surface area contributed by atoms with Gasteiger partial charge in [0.25, 0.3) is 0 Å². The first-order valence-corrected chi connectivity index (χ1v) is 6.15. The number of halogens is 3. The first kappa shape index (κ1) is 14.5. The molecule has 2 aromatic rings. The molecular formula is C15H11ClF2O2. The highest BCUT2D eigenvalue weighted by atomic mass is 35.5. The second-order valence-corrected chi connectivity index (χ2v) is 4.67. The second-order valence-electron chi connectivity index (χ2n) is 4.26. The van der Waals surface area contributed by atoms with Crippen molar-refractivity contribution in [3.05, 3.63) is 63.7 Å². The van der Waals surface area contributed by atoms with Crippen molar-refractivity contribution in [2.45, 2.75) is 6.92 Å². The maximum atomic E-state index is 13.3. The van der Waals surface area contributed by atoms with Crippen LogP contribution in [-0.2, 0) is 0 Å². The average Bonchev–Trinajstić information content (AvgIpc) is 2.42. The molecule has 0 unspecified atom stereocenters. The summed E-state index contributed by atoms with van der Waals surface area (Å²) in [4.78, 5) is 12.3. The normalized spacial score (nSPS) is 10.4. The molecule has 0 N–H and O–H groups in total. The van der Waals surface area contributed by atoms with E-state index >= 15 is 0 Å². The number of hydrogen-bond acceptors (Lipinski definition) is 2. The summed E-state index contributed by atoms with van der Waals surface area (Å²) in [5.74, 6) is -1.50. The van der Waals surface area contributed by atoms with E-state index < -0.39 is 17.4 Å². The fraction of sp³-hybridized carbons (Fsp3) is 0.133. The molecule has 0 aliphatic carbocycles. The van der Waals surface area contributed by atoms with Gasteiger partial charge in [0, 0.05) is 11.1 Å². The van der Waals surface area contributed by atoms with Gasteiger partial charge in [-0.25, -0.2) is 8.78 Å². The standard InChI is InChI=1S/C15H11ClF2O2/c1-8-5-10(11(16)7-13(8)18)15(19)9-3-4-12(17)14(6-9)20-2/h3-7H,1-2H3. The molecule has 0 saturated carbocycles. The smallest absolute Gasteiger partial charge is 0.194 e. The Kier molecular flexibility index (Phi) is 4.04. The van der Waals surface area contributed by atoms with E-state index in [1.165, 1.54) is 32.2 Å². The van der Waals surface area contributed by atoms with E-state index in [1.807, 2.05) is 0 Å². The quantitative estimate of drug-likeness (QED) is 0.795. The Labute approximate surface area is 119 Å². The molecule has 0 spiro atoms. The molecule has 0 bridgehead atoms. The van der Waals surface area contributed by atoms with E-state index in [1.54, 1.807) is 0 Å². The molecule has 2 rings (SSSR count). The molecular weight excluding hydrogens is 286 g/mol. The summed E-state index contributed by atoms with van der Waals surface area (Å²) in [6.07, 6.45) is 0. The summed E-state index contributed by atoms with van der Waals surface area (Å²) >= 11 is 5.89. The van der Waals surface area contributed by atoms with Crippen molar-refractivity contribution in [1.82, 2.24) is 0 Å². The van der Waals surface area contributed by atoms with Gasteiger partial charge in [-0.1, -0.05) is 11.6 Å². The van der Waals surface area contributed by atoms with E-state index in [9.17, 15) is 13.6 Å². The minimum absolute atomic E-state index is 0.0152. The van der Waals surface area contributed by atoms with E-state index in [4.69, 9.17) is 16.3 Å². The predicted molar refractivity (Wildman–Crippen MR) is 72.5 cm³/mol. The molecule has 5 heteroatoms. The van der Waals surface area contributed by atoms with E-state index in [2.05, 4.69) is 0 Å². The van der Waals surface area contributed by atoms with Crippen LogP contribution >= 0.6 is 11.6 Å². The SMILES string of the molecule is COc1cc(C(=O)c2cc(C)c(F)cc2Cl)ccc1F. The van der Waals surface area contributed by atoms with Crippen LogP contribution in [0.1, 0.15) is 21.5 Å². The maximum absolute atomic E-state index is 13.3. The lowest BCUT2D eigenvalue weighted by Gasteiger charge is -2.08. The highest BCUT2D eigenvalue weighted by Gasteiger charge is 2.17. The first-order valence-electron chi connectivity index (χ1n) is 5.78. The lowest BCUT2D eigenvalue weighted by Crippen LogP contribution is -2.04. The molecule has 0 aliphatic rings. The summed E-state index contributed by atoms with van der Waals surface area (Å²) < 4.78 is 31.5. The fourth-order valence-electron chi connectivity index (χ4n) is 1.79. The number of hydrogen-bond donors (Lipinski definition) is 0. The highest BCUT2D eigenvalue weighted by molar-refractivity contribution is 6.35. The lowest BCUT2D eigenvalue weighted by molar-refractivity contribution is 0.103. The number of ether oxygens (including phenoxy) is 1. The molecule has 20 heavy (non-hydrogen) atoms. The largest absolute Gasteiger partial charge is 0.494 e. The average molecular weight is 297 g/mol. The molecule has 0 heterocycles. The molecule has 0 atom stereocenters. The van der Waals surface area contributed by atoms with Crippen molar-refractivity contribution in [3.8, 4) is 5.75 Å². The van der Waals surface area contributed by atoms with Gasteiger partial charge >= 0.3 is 0 Å². The lowest BCUT2D eigenvalue weighted by atomic mass is 10.0. The van der Waals surface area contributed by atoms with Crippen LogP contribution in [0.2, 0.25) is 5.02 Å². The molecule has 0 aromatic heterocycles.